The first-order valence-electron chi connectivity index (χ1n) is 7.52. The SMILES string of the molecule is CCN1CCN(C(=O)CN2CCCCCC2)CC1. The minimum Gasteiger partial charge on any atom is -0.339 e. The molecule has 0 aromatic carbocycles. The van der Waals surface area contributed by atoms with Crippen LogP contribution in [-0.4, -0.2) is 73.0 Å². The van der Waals surface area contributed by atoms with Crippen molar-refractivity contribution < 1.29 is 4.79 Å². The molecule has 18 heavy (non-hydrogen) atoms. The Morgan fingerprint density at radius 3 is 2.00 bits per heavy atom. The van der Waals surface area contributed by atoms with Crippen molar-refractivity contribution in [1.82, 2.24) is 14.7 Å². The van der Waals surface area contributed by atoms with E-state index in [1.54, 1.807) is 0 Å². The lowest BCUT2D eigenvalue weighted by atomic mass is 10.2. The van der Waals surface area contributed by atoms with Gasteiger partial charge in [0.15, 0.2) is 0 Å². The number of hydrogen-bond donors (Lipinski definition) is 0. The van der Waals surface area contributed by atoms with Gasteiger partial charge in [-0.15, -0.1) is 0 Å². The maximum absolute atomic E-state index is 12.2. The summed E-state index contributed by atoms with van der Waals surface area (Å²) in [6.07, 6.45) is 5.19. The molecule has 2 saturated heterocycles. The van der Waals surface area contributed by atoms with Crippen molar-refractivity contribution in [2.45, 2.75) is 32.6 Å². The lowest BCUT2D eigenvalue weighted by molar-refractivity contribution is -0.134. The summed E-state index contributed by atoms with van der Waals surface area (Å²) in [5, 5.41) is 0. The number of piperazine rings is 1. The Balaban J connectivity index is 1.74. The Morgan fingerprint density at radius 1 is 0.833 bits per heavy atom. The van der Waals surface area contributed by atoms with Crippen molar-refractivity contribution in [3.8, 4) is 0 Å². The van der Waals surface area contributed by atoms with E-state index < -0.39 is 0 Å². The summed E-state index contributed by atoms with van der Waals surface area (Å²) >= 11 is 0. The molecule has 0 N–H and O–H groups in total. The van der Waals surface area contributed by atoms with E-state index in [2.05, 4.69) is 21.6 Å². The second-order valence-electron chi connectivity index (χ2n) is 5.51. The van der Waals surface area contributed by atoms with Gasteiger partial charge in [0.05, 0.1) is 6.54 Å². The lowest BCUT2D eigenvalue weighted by Gasteiger charge is -2.35. The van der Waals surface area contributed by atoms with Crippen LogP contribution in [0.4, 0.5) is 0 Å². The first-order chi connectivity index (χ1) is 8.79. The number of carbonyl (C=O) groups excluding carboxylic acids is 1. The van der Waals surface area contributed by atoms with Crippen LogP contribution in [0.25, 0.3) is 0 Å². The van der Waals surface area contributed by atoms with E-state index >= 15 is 0 Å². The first-order valence-corrected chi connectivity index (χ1v) is 7.52. The average molecular weight is 253 g/mol. The maximum atomic E-state index is 12.2. The van der Waals surface area contributed by atoms with Crippen molar-refractivity contribution >= 4 is 5.91 Å². The fourth-order valence-corrected chi connectivity index (χ4v) is 2.90. The standard InChI is InChI=1S/C14H27N3O/c1-2-15-9-11-17(12-10-15)14(18)13-16-7-5-3-4-6-8-16/h2-13H2,1H3. The van der Waals surface area contributed by atoms with Crippen molar-refractivity contribution in [2.24, 2.45) is 0 Å². The third-order valence-corrected chi connectivity index (χ3v) is 4.23. The largest absolute Gasteiger partial charge is 0.339 e. The Kier molecular flexibility index (Phi) is 5.45. The molecule has 0 saturated carbocycles. The summed E-state index contributed by atoms with van der Waals surface area (Å²) < 4.78 is 0. The van der Waals surface area contributed by atoms with Gasteiger partial charge in [0.25, 0.3) is 0 Å². The highest BCUT2D eigenvalue weighted by Gasteiger charge is 2.22. The van der Waals surface area contributed by atoms with E-state index in [0.29, 0.717) is 12.5 Å². The van der Waals surface area contributed by atoms with Crippen LogP contribution < -0.4 is 0 Å². The molecule has 0 aromatic heterocycles. The van der Waals surface area contributed by atoms with Crippen LogP contribution in [0.15, 0.2) is 0 Å². The van der Waals surface area contributed by atoms with E-state index in [4.69, 9.17) is 0 Å². The van der Waals surface area contributed by atoms with Crippen LogP contribution in [0.3, 0.4) is 0 Å². The molecule has 0 bridgehead atoms. The predicted molar refractivity (Wildman–Crippen MR) is 73.6 cm³/mol. The molecular weight excluding hydrogens is 226 g/mol. The van der Waals surface area contributed by atoms with Crippen molar-refractivity contribution in [2.75, 3.05) is 52.4 Å². The molecule has 0 aliphatic carbocycles. The smallest absolute Gasteiger partial charge is 0.236 e. The second-order valence-corrected chi connectivity index (χ2v) is 5.51. The van der Waals surface area contributed by atoms with Gasteiger partial charge in [-0.1, -0.05) is 19.8 Å². The topological polar surface area (TPSA) is 26.8 Å². The highest BCUT2D eigenvalue weighted by Crippen LogP contribution is 2.10. The number of likely N-dealkylation sites (N-methyl/N-ethyl adjacent to an activating group) is 1. The lowest BCUT2D eigenvalue weighted by Crippen LogP contribution is -2.51. The first kappa shape index (κ1) is 13.8. The zero-order valence-corrected chi connectivity index (χ0v) is 11.7. The highest BCUT2D eigenvalue weighted by atomic mass is 16.2. The van der Waals surface area contributed by atoms with Crippen LogP contribution in [0.2, 0.25) is 0 Å². The second kappa shape index (κ2) is 7.10. The van der Waals surface area contributed by atoms with E-state index in [0.717, 1.165) is 45.8 Å². The van der Waals surface area contributed by atoms with Gasteiger partial charge in [0.1, 0.15) is 0 Å². The van der Waals surface area contributed by atoms with E-state index in [9.17, 15) is 4.79 Å². The molecular formula is C14H27N3O. The van der Waals surface area contributed by atoms with Gasteiger partial charge in [-0.3, -0.25) is 9.69 Å². The number of likely N-dealkylation sites (tertiary alicyclic amines) is 1. The summed E-state index contributed by atoms with van der Waals surface area (Å²) in [6.45, 7) is 10.1. The zero-order valence-electron chi connectivity index (χ0n) is 11.7. The molecule has 104 valence electrons. The molecule has 4 nitrogen and oxygen atoms in total. The molecule has 0 spiro atoms. The number of rotatable bonds is 3. The van der Waals surface area contributed by atoms with Crippen LogP contribution in [0.5, 0.6) is 0 Å². The molecule has 0 aromatic rings. The summed E-state index contributed by atoms with van der Waals surface area (Å²) in [5.41, 5.74) is 0. The quantitative estimate of drug-likeness (QED) is 0.751. The summed E-state index contributed by atoms with van der Waals surface area (Å²) in [5.74, 6) is 0.340. The average Bonchev–Trinajstić information content (AvgIpc) is 2.67. The molecule has 0 atom stereocenters. The highest BCUT2D eigenvalue weighted by molar-refractivity contribution is 5.78. The minimum absolute atomic E-state index is 0.340. The van der Waals surface area contributed by atoms with Crippen LogP contribution in [0.1, 0.15) is 32.6 Å². The molecule has 2 fully saturated rings. The molecule has 1 amide bonds. The fraction of sp³-hybridized carbons (Fsp3) is 0.929. The van der Waals surface area contributed by atoms with E-state index in [1.807, 2.05) is 0 Å². The summed E-state index contributed by atoms with van der Waals surface area (Å²) in [6, 6.07) is 0. The third-order valence-electron chi connectivity index (χ3n) is 4.23. The number of carbonyl (C=O) groups is 1. The third kappa shape index (κ3) is 3.95. The Bertz CT molecular complexity index is 254. The molecule has 2 heterocycles. The molecule has 2 aliphatic rings. The van der Waals surface area contributed by atoms with Gasteiger partial charge in [0.2, 0.25) is 5.91 Å². The van der Waals surface area contributed by atoms with Crippen LogP contribution >= 0.6 is 0 Å². The predicted octanol–water partition coefficient (Wildman–Crippen LogP) is 1.03. The fourth-order valence-electron chi connectivity index (χ4n) is 2.90. The van der Waals surface area contributed by atoms with Crippen LogP contribution in [0, 0.1) is 0 Å². The minimum atomic E-state index is 0.340. The number of nitrogens with zero attached hydrogens (tertiary/aromatic N) is 3. The van der Waals surface area contributed by atoms with E-state index in [1.165, 1.54) is 25.7 Å². The van der Waals surface area contributed by atoms with E-state index in [-0.39, 0.29) is 0 Å². The Hall–Kier alpha value is -0.610. The molecule has 0 unspecified atom stereocenters. The summed E-state index contributed by atoms with van der Waals surface area (Å²) in [4.78, 5) is 19.1. The number of amides is 1. The van der Waals surface area contributed by atoms with Gasteiger partial charge in [-0.2, -0.15) is 0 Å². The molecule has 2 aliphatic heterocycles. The number of hydrogen-bond acceptors (Lipinski definition) is 3. The molecule has 0 radical (unpaired) electrons. The molecule has 4 heteroatoms. The van der Waals surface area contributed by atoms with Crippen LogP contribution in [-0.2, 0) is 4.79 Å². The maximum Gasteiger partial charge on any atom is 0.236 e. The van der Waals surface area contributed by atoms with Crippen molar-refractivity contribution in [3.05, 3.63) is 0 Å². The van der Waals surface area contributed by atoms with Crippen molar-refractivity contribution in [3.63, 3.8) is 0 Å². The van der Waals surface area contributed by atoms with Gasteiger partial charge < -0.3 is 9.80 Å². The van der Waals surface area contributed by atoms with Crippen molar-refractivity contribution in [1.29, 1.82) is 0 Å². The van der Waals surface area contributed by atoms with Gasteiger partial charge in [-0.25, -0.2) is 0 Å². The monoisotopic (exact) mass is 253 g/mol. The van der Waals surface area contributed by atoms with Gasteiger partial charge in [0, 0.05) is 26.2 Å². The van der Waals surface area contributed by atoms with Gasteiger partial charge in [-0.05, 0) is 32.5 Å². The molecule has 2 rings (SSSR count). The normalized spacial score (nSPS) is 23.9. The van der Waals surface area contributed by atoms with Gasteiger partial charge >= 0.3 is 0 Å². The Labute approximate surface area is 111 Å². The summed E-state index contributed by atoms with van der Waals surface area (Å²) in [7, 11) is 0. The Morgan fingerprint density at radius 2 is 1.44 bits per heavy atom. The zero-order chi connectivity index (χ0) is 12.8.